The van der Waals surface area contributed by atoms with E-state index in [0.29, 0.717) is 18.8 Å². The maximum absolute atomic E-state index is 11.9. The molecule has 1 aliphatic heterocycles. The smallest absolute Gasteiger partial charge is 0.260 e. The van der Waals surface area contributed by atoms with Crippen LogP contribution in [0.3, 0.4) is 0 Å². The van der Waals surface area contributed by atoms with Crippen LogP contribution in [0, 0.1) is 0 Å². The predicted molar refractivity (Wildman–Crippen MR) is 66.1 cm³/mol. The number of hydrogen-bond donors (Lipinski definition) is 1. The van der Waals surface area contributed by atoms with E-state index in [4.69, 9.17) is 4.74 Å². The average Bonchev–Trinajstić information content (AvgIpc) is 2.62. The van der Waals surface area contributed by atoms with Crippen molar-refractivity contribution in [2.75, 3.05) is 26.2 Å². The number of ether oxygens (including phenoxy) is 1. The van der Waals surface area contributed by atoms with Crippen LogP contribution < -0.4 is 10.1 Å². The number of rotatable bonds is 3. The molecule has 1 aromatic carbocycles. The van der Waals surface area contributed by atoms with Crippen molar-refractivity contribution in [2.45, 2.75) is 6.42 Å². The average molecular weight is 248 g/mol. The summed E-state index contributed by atoms with van der Waals surface area (Å²) in [6.07, 6.45) is 0.781. The molecule has 1 aromatic rings. The minimum atomic E-state index is -0.157. The topological polar surface area (TPSA) is 58.6 Å². The van der Waals surface area contributed by atoms with Crippen molar-refractivity contribution in [3.63, 3.8) is 0 Å². The van der Waals surface area contributed by atoms with E-state index in [0.717, 1.165) is 6.42 Å². The summed E-state index contributed by atoms with van der Waals surface area (Å²) in [7, 11) is 0. The van der Waals surface area contributed by atoms with Crippen molar-refractivity contribution in [1.29, 1.82) is 0 Å². The SMILES string of the molecule is O=C1CN(C(=O)COc2ccccc2)CCCN1. The van der Waals surface area contributed by atoms with Crippen LogP contribution in [0.2, 0.25) is 0 Å². The Labute approximate surface area is 106 Å². The number of amides is 2. The third-order valence-electron chi connectivity index (χ3n) is 2.72. The normalized spacial score (nSPS) is 15.8. The van der Waals surface area contributed by atoms with E-state index >= 15 is 0 Å². The van der Waals surface area contributed by atoms with Crippen molar-refractivity contribution < 1.29 is 14.3 Å². The van der Waals surface area contributed by atoms with Crippen LogP contribution in [0.25, 0.3) is 0 Å². The molecule has 1 aliphatic rings. The molecule has 1 heterocycles. The van der Waals surface area contributed by atoms with E-state index in [1.54, 1.807) is 12.1 Å². The molecule has 1 N–H and O–H groups in total. The zero-order valence-corrected chi connectivity index (χ0v) is 10.1. The summed E-state index contributed by atoms with van der Waals surface area (Å²) in [4.78, 5) is 24.8. The molecule has 0 radical (unpaired) electrons. The molecule has 96 valence electrons. The monoisotopic (exact) mass is 248 g/mol. The molecule has 5 heteroatoms. The van der Waals surface area contributed by atoms with Crippen LogP contribution in [0.5, 0.6) is 5.75 Å². The van der Waals surface area contributed by atoms with E-state index in [-0.39, 0.29) is 25.0 Å². The van der Waals surface area contributed by atoms with Gasteiger partial charge in [-0.15, -0.1) is 0 Å². The van der Waals surface area contributed by atoms with Gasteiger partial charge in [0.15, 0.2) is 6.61 Å². The summed E-state index contributed by atoms with van der Waals surface area (Å²) in [5, 5.41) is 2.73. The van der Waals surface area contributed by atoms with E-state index in [1.807, 2.05) is 18.2 Å². The number of nitrogens with one attached hydrogen (secondary N) is 1. The van der Waals surface area contributed by atoms with Crippen LogP contribution in [-0.2, 0) is 9.59 Å². The standard InChI is InChI=1S/C13H16N2O3/c16-12-9-15(8-4-7-14-12)13(17)10-18-11-5-2-1-3-6-11/h1-3,5-6H,4,7-10H2,(H,14,16). The zero-order valence-electron chi connectivity index (χ0n) is 10.1. The third-order valence-corrected chi connectivity index (χ3v) is 2.72. The van der Waals surface area contributed by atoms with Crippen molar-refractivity contribution in [2.24, 2.45) is 0 Å². The molecule has 5 nitrogen and oxygen atoms in total. The van der Waals surface area contributed by atoms with E-state index in [1.165, 1.54) is 4.90 Å². The molecule has 0 aromatic heterocycles. The number of hydrogen-bond acceptors (Lipinski definition) is 3. The highest BCUT2D eigenvalue weighted by Gasteiger charge is 2.19. The van der Waals surface area contributed by atoms with Gasteiger partial charge in [-0.3, -0.25) is 9.59 Å². The molecule has 0 atom stereocenters. The number of para-hydroxylation sites is 1. The fraction of sp³-hybridized carbons (Fsp3) is 0.385. The van der Waals surface area contributed by atoms with Gasteiger partial charge in [-0.2, -0.15) is 0 Å². The molecule has 2 rings (SSSR count). The fourth-order valence-corrected chi connectivity index (χ4v) is 1.77. The first-order valence-corrected chi connectivity index (χ1v) is 5.98. The second-order valence-corrected chi connectivity index (χ2v) is 4.12. The van der Waals surface area contributed by atoms with Crippen LogP contribution in [0.4, 0.5) is 0 Å². The minimum Gasteiger partial charge on any atom is -0.484 e. The Morgan fingerprint density at radius 2 is 2.11 bits per heavy atom. The highest BCUT2D eigenvalue weighted by Crippen LogP contribution is 2.08. The van der Waals surface area contributed by atoms with Gasteiger partial charge in [-0.1, -0.05) is 18.2 Å². The van der Waals surface area contributed by atoms with Crippen molar-refractivity contribution in [3.8, 4) is 5.75 Å². The van der Waals surface area contributed by atoms with E-state index < -0.39 is 0 Å². The molecule has 0 unspecified atom stereocenters. The Morgan fingerprint density at radius 1 is 1.33 bits per heavy atom. The van der Waals surface area contributed by atoms with Gasteiger partial charge < -0.3 is 15.0 Å². The largest absolute Gasteiger partial charge is 0.484 e. The van der Waals surface area contributed by atoms with Crippen LogP contribution in [0.15, 0.2) is 30.3 Å². The van der Waals surface area contributed by atoms with Gasteiger partial charge in [0.05, 0.1) is 6.54 Å². The van der Waals surface area contributed by atoms with Crippen molar-refractivity contribution in [1.82, 2.24) is 10.2 Å². The van der Waals surface area contributed by atoms with Gasteiger partial charge in [0.2, 0.25) is 5.91 Å². The fourth-order valence-electron chi connectivity index (χ4n) is 1.77. The maximum Gasteiger partial charge on any atom is 0.260 e. The Kier molecular flexibility index (Phi) is 4.17. The summed E-state index contributed by atoms with van der Waals surface area (Å²) in [5.74, 6) is 0.390. The highest BCUT2D eigenvalue weighted by molar-refractivity contribution is 5.85. The Hall–Kier alpha value is -2.04. The van der Waals surface area contributed by atoms with Crippen LogP contribution in [0.1, 0.15) is 6.42 Å². The summed E-state index contributed by atoms with van der Waals surface area (Å²) < 4.78 is 5.37. The van der Waals surface area contributed by atoms with Crippen molar-refractivity contribution in [3.05, 3.63) is 30.3 Å². The van der Waals surface area contributed by atoms with Gasteiger partial charge in [-0.25, -0.2) is 0 Å². The highest BCUT2D eigenvalue weighted by atomic mass is 16.5. The number of nitrogens with zero attached hydrogens (tertiary/aromatic N) is 1. The first-order valence-electron chi connectivity index (χ1n) is 5.98. The van der Waals surface area contributed by atoms with Gasteiger partial charge >= 0.3 is 0 Å². The molecule has 2 amide bonds. The Balaban J connectivity index is 1.85. The molecule has 0 aliphatic carbocycles. The predicted octanol–water partition coefficient (Wildman–Crippen LogP) is 0.414. The van der Waals surface area contributed by atoms with E-state index in [2.05, 4.69) is 5.32 Å². The molecule has 1 saturated heterocycles. The van der Waals surface area contributed by atoms with Gasteiger partial charge in [0.25, 0.3) is 5.91 Å². The van der Waals surface area contributed by atoms with Gasteiger partial charge in [0, 0.05) is 13.1 Å². The second-order valence-electron chi connectivity index (χ2n) is 4.12. The molecular weight excluding hydrogens is 232 g/mol. The first-order chi connectivity index (χ1) is 8.75. The van der Waals surface area contributed by atoms with Crippen LogP contribution in [-0.4, -0.2) is 43.0 Å². The third kappa shape index (κ3) is 3.48. The number of benzene rings is 1. The lowest BCUT2D eigenvalue weighted by Crippen LogP contribution is -2.39. The zero-order chi connectivity index (χ0) is 12.8. The lowest BCUT2D eigenvalue weighted by atomic mass is 10.3. The quantitative estimate of drug-likeness (QED) is 0.843. The summed E-state index contributed by atoms with van der Waals surface area (Å²) in [6.45, 7) is 1.31. The summed E-state index contributed by atoms with van der Waals surface area (Å²) in [5.41, 5.74) is 0. The van der Waals surface area contributed by atoms with Gasteiger partial charge in [0.1, 0.15) is 5.75 Å². The number of carbonyl (C=O) groups excluding carboxylic acids is 2. The van der Waals surface area contributed by atoms with Gasteiger partial charge in [-0.05, 0) is 18.6 Å². The second kappa shape index (κ2) is 6.05. The lowest BCUT2D eigenvalue weighted by Gasteiger charge is -2.19. The van der Waals surface area contributed by atoms with E-state index in [9.17, 15) is 9.59 Å². The maximum atomic E-state index is 11.9. The minimum absolute atomic E-state index is 0.0305. The number of carbonyl (C=O) groups is 2. The summed E-state index contributed by atoms with van der Waals surface area (Å²) >= 11 is 0. The molecule has 0 spiro atoms. The Morgan fingerprint density at radius 3 is 2.89 bits per heavy atom. The Bertz CT molecular complexity index is 420. The first kappa shape index (κ1) is 12.4. The van der Waals surface area contributed by atoms with Crippen molar-refractivity contribution >= 4 is 11.8 Å². The molecule has 1 fully saturated rings. The molecular formula is C13H16N2O3. The van der Waals surface area contributed by atoms with Crippen LogP contribution >= 0.6 is 0 Å². The summed E-state index contributed by atoms with van der Waals surface area (Å²) in [6, 6.07) is 9.16. The molecule has 18 heavy (non-hydrogen) atoms. The molecule has 0 saturated carbocycles. The molecule has 0 bridgehead atoms. The lowest BCUT2D eigenvalue weighted by molar-refractivity contribution is -0.136.